The highest BCUT2D eigenvalue weighted by Crippen LogP contribution is 2.34. The number of amides is 1. The van der Waals surface area contributed by atoms with Crippen molar-refractivity contribution in [2.24, 2.45) is 5.73 Å². The zero-order valence-electron chi connectivity index (χ0n) is 16.5. The number of nitrogens with one attached hydrogen (secondary N) is 1. The van der Waals surface area contributed by atoms with E-state index >= 15 is 0 Å². The average molecular weight is 422 g/mol. The molecule has 0 radical (unpaired) electrons. The number of hydrogen-bond donors (Lipinski definition) is 2. The van der Waals surface area contributed by atoms with E-state index in [0.717, 1.165) is 41.5 Å². The van der Waals surface area contributed by atoms with Crippen molar-refractivity contribution in [3.05, 3.63) is 71.9 Å². The molecule has 0 aliphatic carbocycles. The molecule has 1 fully saturated rings. The number of nitrogens with zero attached hydrogens (tertiary/aromatic N) is 3. The largest absolute Gasteiger partial charge is 0.472 e. The van der Waals surface area contributed by atoms with Gasteiger partial charge in [-0.1, -0.05) is 42.1 Å². The number of aromatic nitrogens is 2. The van der Waals surface area contributed by atoms with E-state index < -0.39 is 5.91 Å². The second-order valence-corrected chi connectivity index (χ2v) is 7.96. The number of hydrogen-bond acceptors (Lipinski definition) is 7. The monoisotopic (exact) mass is 421 g/mol. The number of piperazine rings is 1. The van der Waals surface area contributed by atoms with Crippen molar-refractivity contribution in [2.75, 3.05) is 31.1 Å². The number of anilines is 1. The van der Waals surface area contributed by atoms with Crippen LogP contribution in [0.4, 0.5) is 5.95 Å². The third kappa shape index (κ3) is 5.08. The van der Waals surface area contributed by atoms with E-state index in [0.29, 0.717) is 24.0 Å². The topological polar surface area (TPSA) is 93.4 Å². The van der Waals surface area contributed by atoms with Crippen LogP contribution in [0.15, 0.2) is 70.6 Å². The van der Waals surface area contributed by atoms with Crippen molar-refractivity contribution in [1.29, 1.82) is 0 Å². The van der Waals surface area contributed by atoms with Crippen LogP contribution in [-0.2, 0) is 6.61 Å². The Balaban J connectivity index is 1.57. The molecule has 30 heavy (non-hydrogen) atoms. The summed E-state index contributed by atoms with van der Waals surface area (Å²) in [6.45, 7) is 3.96. The van der Waals surface area contributed by atoms with Crippen LogP contribution in [0.1, 0.15) is 15.9 Å². The van der Waals surface area contributed by atoms with Crippen LogP contribution in [0.3, 0.4) is 0 Å². The van der Waals surface area contributed by atoms with E-state index in [1.807, 2.05) is 42.5 Å². The number of carbonyl (C=O) groups excluding carboxylic acids is 1. The fraction of sp³-hybridized carbons (Fsp3) is 0.227. The first kappa shape index (κ1) is 20.2. The van der Waals surface area contributed by atoms with Gasteiger partial charge in [0.05, 0.1) is 11.1 Å². The van der Waals surface area contributed by atoms with Crippen molar-refractivity contribution >= 4 is 23.6 Å². The molecule has 1 aliphatic heterocycles. The maximum absolute atomic E-state index is 11.3. The predicted molar refractivity (Wildman–Crippen MR) is 117 cm³/mol. The van der Waals surface area contributed by atoms with Crippen molar-refractivity contribution in [2.45, 2.75) is 16.4 Å². The molecule has 1 saturated heterocycles. The highest BCUT2D eigenvalue weighted by molar-refractivity contribution is 7.99. The molecule has 0 unspecified atom stereocenters. The molecule has 0 spiro atoms. The lowest BCUT2D eigenvalue weighted by Gasteiger charge is -2.27. The first-order valence-corrected chi connectivity index (χ1v) is 10.6. The maximum atomic E-state index is 11.3. The fourth-order valence-corrected chi connectivity index (χ4v) is 3.90. The Morgan fingerprint density at radius 3 is 2.53 bits per heavy atom. The van der Waals surface area contributed by atoms with Gasteiger partial charge in [-0.05, 0) is 29.8 Å². The van der Waals surface area contributed by atoms with Gasteiger partial charge in [-0.25, -0.2) is 4.98 Å². The van der Waals surface area contributed by atoms with Gasteiger partial charge in [0.25, 0.3) is 0 Å². The summed E-state index contributed by atoms with van der Waals surface area (Å²) in [4.78, 5) is 24.5. The van der Waals surface area contributed by atoms with Gasteiger partial charge in [-0.15, -0.1) is 0 Å². The molecule has 7 nitrogen and oxygen atoms in total. The van der Waals surface area contributed by atoms with Crippen LogP contribution in [0.5, 0.6) is 5.88 Å². The minimum atomic E-state index is -0.442. The number of carbonyl (C=O) groups is 1. The van der Waals surface area contributed by atoms with Crippen LogP contribution in [0, 0.1) is 0 Å². The fourth-order valence-electron chi connectivity index (χ4n) is 3.08. The Morgan fingerprint density at radius 1 is 1.10 bits per heavy atom. The lowest BCUT2D eigenvalue weighted by atomic mass is 10.2. The minimum Gasteiger partial charge on any atom is -0.472 e. The third-order valence-electron chi connectivity index (χ3n) is 4.69. The molecule has 0 saturated carbocycles. The molecule has 3 N–H and O–H groups in total. The Morgan fingerprint density at radius 2 is 1.83 bits per heavy atom. The second kappa shape index (κ2) is 9.60. The maximum Gasteiger partial charge on any atom is 0.248 e. The first-order chi connectivity index (χ1) is 14.7. The van der Waals surface area contributed by atoms with Gasteiger partial charge in [0, 0.05) is 36.6 Å². The van der Waals surface area contributed by atoms with Crippen LogP contribution >= 0.6 is 11.8 Å². The Bertz CT molecular complexity index is 992. The molecule has 1 amide bonds. The zero-order chi connectivity index (χ0) is 20.8. The van der Waals surface area contributed by atoms with Gasteiger partial charge < -0.3 is 20.7 Å². The van der Waals surface area contributed by atoms with Gasteiger partial charge in [0.1, 0.15) is 6.61 Å². The van der Waals surface area contributed by atoms with Crippen molar-refractivity contribution in [3.8, 4) is 5.88 Å². The van der Waals surface area contributed by atoms with E-state index in [2.05, 4.69) is 15.2 Å². The standard InChI is InChI=1S/C22H23N5O2S/c23-20(28)17-6-8-18(9-7-17)30-19-14-25-22(27-12-10-24-11-13-27)26-21(19)29-15-16-4-2-1-3-5-16/h1-9,14,24H,10-13,15H2,(H2,23,28). The number of rotatable bonds is 7. The molecule has 1 aromatic heterocycles. The molecule has 4 rings (SSSR count). The van der Waals surface area contributed by atoms with E-state index in [1.54, 1.807) is 18.3 Å². The Hall–Kier alpha value is -3.10. The van der Waals surface area contributed by atoms with Crippen molar-refractivity contribution < 1.29 is 9.53 Å². The van der Waals surface area contributed by atoms with Gasteiger partial charge in [0.2, 0.25) is 17.7 Å². The molecule has 1 aliphatic rings. The first-order valence-electron chi connectivity index (χ1n) is 9.76. The quantitative estimate of drug-likeness (QED) is 0.606. The summed E-state index contributed by atoms with van der Waals surface area (Å²) in [7, 11) is 0. The van der Waals surface area contributed by atoms with E-state index in [-0.39, 0.29) is 0 Å². The summed E-state index contributed by atoms with van der Waals surface area (Å²) in [5.41, 5.74) is 6.88. The summed E-state index contributed by atoms with van der Waals surface area (Å²) in [6.07, 6.45) is 1.80. The second-order valence-electron chi connectivity index (χ2n) is 6.84. The third-order valence-corrected chi connectivity index (χ3v) is 5.70. The number of ether oxygens (including phenoxy) is 1. The van der Waals surface area contributed by atoms with Gasteiger partial charge in [-0.2, -0.15) is 4.98 Å². The number of benzene rings is 2. The minimum absolute atomic E-state index is 0.424. The zero-order valence-corrected chi connectivity index (χ0v) is 17.3. The Labute approximate surface area is 179 Å². The molecule has 2 aromatic carbocycles. The lowest BCUT2D eigenvalue weighted by molar-refractivity contribution is 0.1000. The lowest BCUT2D eigenvalue weighted by Crippen LogP contribution is -2.44. The average Bonchev–Trinajstić information content (AvgIpc) is 2.80. The SMILES string of the molecule is NC(=O)c1ccc(Sc2cnc(N3CCNCC3)nc2OCc2ccccc2)cc1. The van der Waals surface area contributed by atoms with Crippen LogP contribution < -0.4 is 20.7 Å². The van der Waals surface area contributed by atoms with Crippen molar-refractivity contribution in [3.63, 3.8) is 0 Å². The molecule has 2 heterocycles. The smallest absolute Gasteiger partial charge is 0.248 e. The van der Waals surface area contributed by atoms with Crippen LogP contribution in [0.2, 0.25) is 0 Å². The van der Waals surface area contributed by atoms with Gasteiger partial charge in [-0.3, -0.25) is 4.79 Å². The molecule has 0 atom stereocenters. The number of primary amides is 1. The van der Waals surface area contributed by atoms with E-state index in [9.17, 15) is 4.79 Å². The molecule has 154 valence electrons. The van der Waals surface area contributed by atoms with E-state index in [1.165, 1.54) is 11.8 Å². The molecule has 0 bridgehead atoms. The summed E-state index contributed by atoms with van der Waals surface area (Å²) in [5.74, 6) is 0.779. The molecule has 8 heteroatoms. The van der Waals surface area contributed by atoms with Gasteiger partial charge in [0.15, 0.2) is 0 Å². The number of nitrogens with two attached hydrogens (primary N) is 1. The summed E-state index contributed by atoms with van der Waals surface area (Å²) in [6, 6.07) is 17.1. The Kier molecular flexibility index (Phi) is 6.46. The van der Waals surface area contributed by atoms with E-state index in [4.69, 9.17) is 15.5 Å². The summed E-state index contributed by atoms with van der Waals surface area (Å²) < 4.78 is 6.10. The highest BCUT2D eigenvalue weighted by Gasteiger charge is 2.17. The van der Waals surface area contributed by atoms with Crippen molar-refractivity contribution in [1.82, 2.24) is 15.3 Å². The molecule has 3 aromatic rings. The summed E-state index contributed by atoms with van der Waals surface area (Å²) in [5, 5.41) is 3.34. The summed E-state index contributed by atoms with van der Waals surface area (Å²) >= 11 is 1.49. The normalized spacial score (nSPS) is 13.8. The van der Waals surface area contributed by atoms with Gasteiger partial charge >= 0.3 is 0 Å². The predicted octanol–water partition coefficient (Wildman–Crippen LogP) is 2.72. The molecular weight excluding hydrogens is 398 g/mol. The van der Waals surface area contributed by atoms with Crippen LogP contribution in [-0.4, -0.2) is 42.1 Å². The molecular formula is C22H23N5O2S. The van der Waals surface area contributed by atoms with Crippen LogP contribution in [0.25, 0.3) is 0 Å². The highest BCUT2D eigenvalue weighted by atomic mass is 32.2.